The predicted molar refractivity (Wildman–Crippen MR) is 128 cm³/mol. The van der Waals surface area contributed by atoms with Crippen LogP contribution in [0.25, 0.3) is 11.1 Å². The maximum atomic E-state index is 2.29. The summed E-state index contributed by atoms with van der Waals surface area (Å²) >= 11 is 0. The third-order valence-corrected chi connectivity index (χ3v) is 7.20. The van der Waals surface area contributed by atoms with Gasteiger partial charge in [0.05, 0.1) is 0 Å². The Labute approximate surface area is 191 Å². The third kappa shape index (κ3) is 5.47. The average Bonchev–Trinajstić information content (AvgIpc) is 3.53. The summed E-state index contributed by atoms with van der Waals surface area (Å²) in [6.45, 7) is 0. The van der Waals surface area contributed by atoms with Gasteiger partial charge < -0.3 is 0 Å². The molecule has 5 aromatic rings. The smallest absolute Gasteiger partial charge is 0.214 e. The Hall–Kier alpha value is -2.69. The fourth-order valence-electron chi connectivity index (χ4n) is 3.37. The van der Waals surface area contributed by atoms with Crippen molar-refractivity contribution in [3.8, 4) is 11.1 Å². The van der Waals surface area contributed by atoms with Crippen molar-refractivity contribution < 1.29 is 17.1 Å². The van der Waals surface area contributed by atoms with Crippen molar-refractivity contribution in [2.45, 2.75) is 0 Å². The Kier molecular flexibility index (Phi) is 8.42. The summed E-state index contributed by atoms with van der Waals surface area (Å²) in [6, 6.07) is 49.2. The van der Waals surface area contributed by atoms with Gasteiger partial charge in [-0.15, -0.1) is 23.8 Å². The number of hydrogen-bond acceptors (Lipinski definition) is 0. The van der Waals surface area contributed by atoms with E-state index in [1.807, 2.05) is 30.3 Å². The van der Waals surface area contributed by atoms with E-state index in [0.29, 0.717) is 0 Å². The van der Waals surface area contributed by atoms with Gasteiger partial charge in [0, 0.05) is 0 Å². The van der Waals surface area contributed by atoms with Crippen molar-refractivity contribution in [1.82, 2.24) is 0 Å². The van der Waals surface area contributed by atoms with Gasteiger partial charge in [-0.1, -0.05) is 89.7 Å². The second-order valence-electron chi connectivity index (χ2n) is 6.66. The Bertz CT molecular complexity index is 1030. The van der Waals surface area contributed by atoms with Crippen molar-refractivity contribution >= 4 is 23.8 Å². The molecule has 0 aliphatic heterocycles. The zero-order chi connectivity index (χ0) is 19.7. The number of hydrogen-bond donors (Lipinski definition) is 0. The van der Waals surface area contributed by atoms with Crippen LogP contribution in [0.15, 0.2) is 140 Å². The molecule has 5 rings (SSSR count). The van der Waals surface area contributed by atoms with E-state index in [9.17, 15) is 0 Å². The first kappa shape index (κ1) is 22.0. The summed E-state index contributed by atoms with van der Waals surface area (Å²) in [6.07, 6.45) is 0. The van der Waals surface area contributed by atoms with Crippen LogP contribution < -0.4 is 15.9 Å². The SMILES string of the molecule is [Fe+2].c1cc[cH-]c1.c1ccc(P(c2ccccc2)c2ccccc2-[c-]2cccc2)cc1. The van der Waals surface area contributed by atoms with Crippen molar-refractivity contribution in [3.05, 3.63) is 140 Å². The van der Waals surface area contributed by atoms with Gasteiger partial charge >= 0.3 is 17.1 Å². The van der Waals surface area contributed by atoms with Crippen LogP contribution in [0.5, 0.6) is 0 Å². The molecule has 0 aliphatic rings. The Morgan fingerprint density at radius 1 is 0.533 bits per heavy atom. The molecule has 0 heterocycles. The molecule has 5 aromatic carbocycles. The molecule has 0 spiro atoms. The van der Waals surface area contributed by atoms with E-state index in [1.165, 1.54) is 27.0 Å². The van der Waals surface area contributed by atoms with Gasteiger partial charge in [0.25, 0.3) is 0 Å². The van der Waals surface area contributed by atoms with Crippen LogP contribution in [0.3, 0.4) is 0 Å². The minimum Gasteiger partial charge on any atom is -0.214 e. The predicted octanol–water partition coefficient (Wildman–Crippen LogP) is 6.23. The normalized spacial score (nSPS) is 10.0. The maximum absolute atomic E-state index is 2.29. The van der Waals surface area contributed by atoms with Gasteiger partial charge in [-0.2, -0.15) is 30.3 Å². The minimum atomic E-state index is -0.572. The molecule has 0 nitrogen and oxygen atoms in total. The second-order valence-corrected chi connectivity index (χ2v) is 8.84. The fourth-order valence-corrected chi connectivity index (χ4v) is 5.84. The first-order valence-electron chi connectivity index (χ1n) is 9.81. The van der Waals surface area contributed by atoms with Gasteiger partial charge in [0.1, 0.15) is 0 Å². The van der Waals surface area contributed by atoms with Crippen molar-refractivity contribution in [1.29, 1.82) is 0 Å². The topological polar surface area (TPSA) is 0 Å². The molecular formula is C28H23FeP. The molecule has 0 fully saturated rings. The van der Waals surface area contributed by atoms with Crippen LogP contribution in [0.1, 0.15) is 0 Å². The van der Waals surface area contributed by atoms with Gasteiger partial charge in [0.15, 0.2) is 0 Å². The van der Waals surface area contributed by atoms with Crippen molar-refractivity contribution in [2.24, 2.45) is 0 Å². The van der Waals surface area contributed by atoms with Gasteiger partial charge in [-0.3, -0.25) is 0 Å². The second kappa shape index (κ2) is 11.5. The van der Waals surface area contributed by atoms with Gasteiger partial charge in [-0.25, -0.2) is 12.1 Å². The first-order chi connectivity index (χ1) is 14.4. The summed E-state index contributed by atoms with van der Waals surface area (Å²) in [4.78, 5) is 0. The van der Waals surface area contributed by atoms with E-state index in [1.54, 1.807) is 0 Å². The molecule has 0 aliphatic carbocycles. The largest absolute Gasteiger partial charge is 2.00 e. The van der Waals surface area contributed by atoms with E-state index in [4.69, 9.17) is 0 Å². The summed E-state index contributed by atoms with van der Waals surface area (Å²) < 4.78 is 0. The Morgan fingerprint density at radius 3 is 1.53 bits per heavy atom. The average molecular weight is 446 g/mol. The molecule has 2 heteroatoms. The molecule has 0 N–H and O–H groups in total. The maximum Gasteiger partial charge on any atom is 2.00 e. The van der Waals surface area contributed by atoms with Crippen molar-refractivity contribution in [2.75, 3.05) is 0 Å². The zero-order valence-corrected chi connectivity index (χ0v) is 18.6. The van der Waals surface area contributed by atoms with Crippen LogP contribution in [-0.2, 0) is 17.1 Å². The van der Waals surface area contributed by atoms with Crippen LogP contribution in [0.2, 0.25) is 0 Å². The Morgan fingerprint density at radius 2 is 1.03 bits per heavy atom. The van der Waals surface area contributed by atoms with Gasteiger partial charge in [0.2, 0.25) is 0 Å². The molecule has 0 saturated carbocycles. The molecule has 0 saturated heterocycles. The van der Waals surface area contributed by atoms with Gasteiger partial charge in [-0.05, 0) is 18.5 Å². The van der Waals surface area contributed by atoms with Crippen LogP contribution in [0, 0.1) is 0 Å². The molecule has 0 aromatic heterocycles. The van der Waals surface area contributed by atoms with Crippen LogP contribution >= 0.6 is 7.92 Å². The molecule has 0 bridgehead atoms. The fraction of sp³-hybridized carbons (Fsp3) is 0. The summed E-state index contributed by atoms with van der Waals surface area (Å²) in [7, 11) is -0.572. The standard InChI is InChI=1S/C23H18P.C5H5.Fe/c1-3-13-20(14-4-1)24(21-15-5-2-6-16-21)23-18-10-9-17-22(23)19-11-7-8-12-19;1-2-4-5-3-1;/h1-18H;1-5H;/q2*-1;+2. The Balaban J connectivity index is 0.000000376. The van der Waals surface area contributed by atoms with E-state index in [0.717, 1.165) is 0 Å². The summed E-state index contributed by atoms with van der Waals surface area (Å²) in [5.74, 6) is 0. The van der Waals surface area contributed by atoms with E-state index >= 15 is 0 Å². The minimum absolute atomic E-state index is 0. The number of benzene rings is 3. The van der Waals surface area contributed by atoms with Crippen LogP contribution in [-0.4, -0.2) is 0 Å². The van der Waals surface area contributed by atoms with E-state index in [-0.39, 0.29) is 17.1 Å². The van der Waals surface area contributed by atoms with Crippen molar-refractivity contribution in [3.63, 3.8) is 0 Å². The van der Waals surface area contributed by atoms with Crippen LogP contribution in [0.4, 0.5) is 0 Å². The molecule has 0 atom stereocenters. The monoisotopic (exact) mass is 446 g/mol. The van der Waals surface area contributed by atoms with E-state index < -0.39 is 7.92 Å². The summed E-state index contributed by atoms with van der Waals surface area (Å²) in [5, 5.41) is 4.19. The molecule has 0 amide bonds. The zero-order valence-electron chi connectivity index (χ0n) is 16.6. The first-order valence-corrected chi connectivity index (χ1v) is 11.2. The molecular weight excluding hydrogens is 423 g/mol. The molecule has 0 radical (unpaired) electrons. The third-order valence-electron chi connectivity index (χ3n) is 4.70. The molecule has 30 heavy (non-hydrogen) atoms. The van der Waals surface area contributed by atoms with E-state index in [2.05, 4.69) is 109 Å². The number of rotatable bonds is 4. The summed E-state index contributed by atoms with van der Waals surface area (Å²) in [5.41, 5.74) is 2.63. The molecule has 148 valence electrons. The molecule has 0 unspecified atom stereocenters. The quantitative estimate of drug-likeness (QED) is 0.174.